The Bertz CT molecular complexity index is 805. The van der Waals surface area contributed by atoms with Crippen LogP contribution in [0, 0.1) is 12.8 Å². The molecule has 0 spiro atoms. The van der Waals surface area contributed by atoms with Crippen LogP contribution in [0.2, 0.25) is 0 Å². The van der Waals surface area contributed by atoms with Gasteiger partial charge in [-0.25, -0.2) is 14.6 Å². The van der Waals surface area contributed by atoms with Crippen LogP contribution >= 0.6 is 0 Å². The average molecular weight is 309 g/mol. The summed E-state index contributed by atoms with van der Waals surface area (Å²) in [6.45, 7) is 4.56. The Balaban J connectivity index is 1.62. The third-order valence-corrected chi connectivity index (χ3v) is 4.20. The third-order valence-electron chi connectivity index (χ3n) is 4.20. The predicted octanol–water partition coefficient (Wildman–Crippen LogP) is 2.91. The normalized spacial score (nSPS) is 17.7. The van der Waals surface area contributed by atoms with E-state index in [0.29, 0.717) is 5.92 Å². The van der Waals surface area contributed by atoms with E-state index in [4.69, 9.17) is 4.74 Å². The summed E-state index contributed by atoms with van der Waals surface area (Å²) in [5, 5.41) is 8.78. The van der Waals surface area contributed by atoms with Crippen LogP contribution in [0.15, 0.2) is 36.8 Å². The molecule has 1 aliphatic heterocycles. The smallest absolute Gasteiger partial charge is 0.163 e. The zero-order chi connectivity index (χ0) is 15.6. The Morgan fingerprint density at radius 2 is 2.13 bits per heavy atom. The van der Waals surface area contributed by atoms with Crippen LogP contribution < -0.4 is 5.32 Å². The van der Waals surface area contributed by atoms with Crippen LogP contribution in [0.25, 0.3) is 11.0 Å². The number of rotatable bonds is 4. The molecule has 1 aliphatic rings. The van der Waals surface area contributed by atoms with Gasteiger partial charge in [0.15, 0.2) is 5.65 Å². The summed E-state index contributed by atoms with van der Waals surface area (Å²) in [5.41, 5.74) is 3.10. The predicted molar refractivity (Wildman–Crippen MR) is 88.7 cm³/mol. The van der Waals surface area contributed by atoms with Crippen molar-refractivity contribution in [2.45, 2.75) is 19.9 Å². The summed E-state index contributed by atoms with van der Waals surface area (Å²) in [7, 11) is 0. The number of aryl methyl sites for hydroxylation is 1. The maximum absolute atomic E-state index is 5.44. The van der Waals surface area contributed by atoms with Crippen molar-refractivity contribution in [3.05, 3.63) is 42.4 Å². The highest BCUT2D eigenvalue weighted by atomic mass is 16.5. The number of hydrogen-bond acceptors (Lipinski definition) is 5. The second-order valence-electron chi connectivity index (χ2n) is 6.01. The lowest BCUT2D eigenvalue weighted by molar-refractivity contribution is 0.182. The highest BCUT2D eigenvalue weighted by molar-refractivity contribution is 5.88. The summed E-state index contributed by atoms with van der Waals surface area (Å²) in [6, 6.07) is 8.24. The highest BCUT2D eigenvalue weighted by Crippen LogP contribution is 2.24. The lowest BCUT2D eigenvalue weighted by atomic mass is 10.1. The maximum Gasteiger partial charge on any atom is 0.163 e. The standard InChI is InChI=1S/C17H19N5O/c1-12-2-4-14(5-3-12)21-16-15-8-20-22(17(15)19-11-18-16)9-13-6-7-23-10-13/h2-5,8,11,13H,6-7,9-10H2,1H3,(H,18,19,21). The van der Waals surface area contributed by atoms with E-state index in [1.54, 1.807) is 6.33 Å². The highest BCUT2D eigenvalue weighted by Gasteiger charge is 2.18. The Labute approximate surface area is 134 Å². The summed E-state index contributed by atoms with van der Waals surface area (Å²) in [5.74, 6) is 1.30. The molecule has 4 rings (SSSR count). The molecule has 0 bridgehead atoms. The first-order chi connectivity index (χ1) is 11.3. The number of fused-ring (bicyclic) bond motifs is 1. The van der Waals surface area contributed by atoms with Crippen molar-refractivity contribution in [1.82, 2.24) is 19.7 Å². The van der Waals surface area contributed by atoms with Gasteiger partial charge in [-0.05, 0) is 25.5 Å². The van der Waals surface area contributed by atoms with Crippen molar-refractivity contribution in [2.24, 2.45) is 5.92 Å². The van der Waals surface area contributed by atoms with Gasteiger partial charge in [-0.2, -0.15) is 5.10 Å². The van der Waals surface area contributed by atoms with Crippen LogP contribution in [0.3, 0.4) is 0 Å². The molecule has 2 aromatic heterocycles. The van der Waals surface area contributed by atoms with E-state index >= 15 is 0 Å². The second-order valence-corrected chi connectivity index (χ2v) is 6.01. The first kappa shape index (κ1) is 14.1. The largest absolute Gasteiger partial charge is 0.381 e. The van der Waals surface area contributed by atoms with Crippen molar-refractivity contribution in [2.75, 3.05) is 18.5 Å². The zero-order valence-corrected chi connectivity index (χ0v) is 13.1. The number of hydrogen-bond donors (Lipinski definition) is 1. The van der Waals surface area contributed by atoms with Crippen molar-refractivity contribution >= 4 is 22.5 Å². The van der Waals surface area contributed by atoms with Gasteiger partial charge in [-0.1, -0.05) is 17.7 Å². The number of ether oxygens (including phenoxy) is 1. The molecule has 0 saturated carbocycles. The fraction of sp³-hybridized carbons (Fsp3) is 0.353. The molecule has 0 aliphatic carbocycles. The van der Waals surface area contributed by atoms with Crippen molar-refractivity contribution < 1.29 is 4.74 Å². The van der Waals surface area contributed by atoms with E-state index in [1.165, 1.54) is 5.56 Å². The molecule has 1 N–H and O–H groups in total. The lowest BCUT2D eigenvalue weighted by Crippen LogP contribution is -2.12. The van der Waals surface area contributed by atoms with Gasteiger partial charge in [0.25, 0.3) is 0 Å². The monoisotopic (exact) mass is 309 g/mol. The van der Waals surface area contributed by atoms with Gasteiger partial charge >= 0.3 is 0 Å². The van der Waals surface area contributed by atoms with Crippen molar-refractivity contribution in [3.8, 4) is 0 Å². The minimum atomic E-state index is 0.515. The molecular weight excluding hydrogens is 290 g/mol. The summed E-state index contributed by atoms with van der Waals surface area (Å²) >= 11 is 0. The fourth-order valence-corrected chi connectivity index (χ4v) is 2.87. The fourth-order valence-electron chi connectivity index (χ4n) is 2.87. The van der Waals surface area contributed by atoms with E-state index < -0.39 is 0 Å². The van der Waals surface area contributed by atoms with Gasteiger partial charge in [0, 0.05) is 24.8 Å². The van der Waals surface area contributed by atoms with Crippen LogP contribution in [-0.2, 0) is 11.3 Å². The zero-order valence-electron chi connectivity index (χ0n) is 13.1. The summed E-state index contributed by atoms with van der Waals surface area (Å²) in [6.07, 6.45) is 4.50. The Morgan fingerprint density at radius 1 is 1.26 bits per heavy atom. The summed E-state index contributed by atoms with van der Waals surface area (Å²) < 4.78 is 7.40. The van der Waals surface area contributed by atoms with Gasteiger partial charge < -0.3 is 10.1 Å². The molecule has 0 amide bonds. The van der Waals surface area contributed by atoms with Crippen molar-refractivity contribution in [1.29, 1.82) is 0 Å². The number of benzene rings is 1. The molecule has 1 atom stereocenters. The SMILES string of the molecule is Cc1ccc(Nc2ncnc3c2cnn3CC2CCOC2)cc1. The minimum absolute atomic E-state index is 0.515. The molecule has 1 aromatic carbocycles. The van der Waals surface area contributed by atoms with Crippen LogP contribution in [0.4, 0.5) is 11.5 Å². The number of anilines is 2. The van der Waals surface area contributed by atoms with Crippen LogP contribution in [-0.4, -0.2) is 33.0 Å². The molecule has 118 valence electrons. The van der Waals surface area contributed by atoms with Gasteiger partial charge in [0.05, 0.1) is 18.2 Å². The van der Waals surface area contributed by atoms with Gasteiger partial charge in [-0.15, -0.1) is 0 Å². The quantitative estimate of drug-likeness (QED) is 0.803. The van der Waals surface area contributed by atoms with Gasteiger partial charge in [0.1, 0.15) is 12.1 Å². The van der Waals surface area contributed by atoms with Gasteiger partial charge in [0.2, 0.25) is 0 Å². The van der Waals surface area contributed by atoms with E-state index in [0.717, 1.165) is 48.7 Å². The molecule has 3 heterocycles. The average Bonchev–Trinajstić information content (AvgIpc) is 3.21. The molecule has 6 nitrogen and oxygen atoms in total. The first-order valence-electron chi connectivity index (χ1n) is 7.87. The minimum Gasteiger partial charge on any atom is -0.381 e. The molecular formula is C17H19N5O. The van der Waals surface area contributed by atoms with Crippen LogP contribution in [0.1, 0.15) is 12.0 Å². The molecule has 23 heavy (non-hydrogen) atoms. The molecule has 3 aromatic rings. The van der Waals surface area contributed by atoms with E-state index in [2.05, 4.69) is 39.4 Å². The van der Waals surface area contributed by atoms with Crippen molar-refractivity contribution in [3.63, 3.8) is 0 Å². The second kappa shape index (κ2) is 5.96. The summed E-state index contributed by atoms with van der Waals surface area (Å²) in [4.78, 5) is 8.78. The third kappa shape index (κ3) is 2.90. The number of aromatic nitrogens is 4. The Morgan fingerprint density at radius 3 is 2.91 bits per heavy atom. The topological polar surface area (TPSA) is 64.9 Å². The molecule has 1 fully saturated rings. The van der Waals surface area contributed by atoms with E-state index in [-0.39, 0.29) is 0 Å². The number of nitrogens with zero attached hydrogens (tertiary/aromatic N) is 4. The molecule has 1 saturated heterocycles. The molecule has 0 radical (unpaired) electrons. The Kier molecular flexibility index (Phi) is 3.67. The number of nitrogens with one attached hydrogen (secondary N) is 1. The maximum atomic E-state index is 5.44. The lowest BCUT2D eigenvalue weighted by Gasteiger charge is -2.09. The molecule has 1 unspecified atom stereocenters. The van der Waals surface area contributed by atoms with E-state index in [9.17, 15) is 0 Å². The Hall–Kier alpha value is -2.47. The van der Waals surface area contributed by atoms with E-state index in [1.807, 2.05) is 23.0 Å². The van der Waals surface area contributed by atoms with Crippen LogP contribution in [0.5, 0.6) is 0 Å². The first-order valence-corrected chi connectivity index (χ1v) is 7.87. The van der Waals surface area contributed by atoms with Gasteiger partial charge in [-0.3, -0.25) is 0 Å². The molecule has 6 heteroatoms.